The number of rotatable bonds is 4. The van der Waals surface area contributed by atoms with Gasteiger partial charge in [-0.1, -0.05) is 11.8 Å². The maximum absolute atomic E-state index is 12.9. The standard InChI is InChI=1S/C17H13F3N4O3S/c1-9(15(25)21-11-3-4-12-13(6-11)27-8-26-12)28-16-23-22-14-5-2-10(7-24(14)16)17(18,19)20/h2-7,9H,8H2,1H3,(H,21,25)/t9-/m0/s1. The number of hydrogen-bond acceptors (Lipinski definition) is 6. The van der Waals surface area contributed by atoms with Crippen LogP contribution in [0.3, 0.4) is 0 Å². The summed E-state index contributed by atoms with van der Waals surface area (Å²) in [6, 6.07) is 7.16. The van der Waals surface area contributed by atoms with Gasteiger partial charge in [-0.15, -0.1) is 10.2 Å². The molecule has 1 N–H and O–H groups in total. The van der Waals surface area contributed by atoms with Crippen LogP contribution in [-0.4, -0.2) is 32.5 Å². The van der Waals surface area contributed by atoms with Crippen LogP contribution in [0.1, 0.15) is 12.5 Å². The van der Waals surface area contributed by atoms with Crippen LogP contribution in [0.15, 0.2) is 41.7 Å². The summed E-state index contributed by atoms with van der Waals surface area (Å²) in [7, 11) is 0. The molecular weight excluding hydrogens is 397 g/mol. The first-order valence-corrected chi connectivity index (χ1v) is 8.98. The molecule has 3 heterocycles. The fourth-order valence-electron chi connectivity index (χ4n) is 2.55. The topological polar surface area (TPSA) is 77.8 Å². The largest absolute Gasteiger partial charge is 0.454 e. The number of nitrogens with one attached hydrogen (secondary N) is 1. The van der Waals surface area contributed by atoms with Gasteiger partial charge in [0.2, 0.25) is 12.7 Å². The van der Waals surface area contributed by atoms with Crippen molar-refractivity contribution in [2.75, 3.05) is 12.1 Å². The third-order valence-electron chi connectivity index (χ3n) is 3.99. The fourth-order valence-corrected chi connectivity index (χ4v) is 3.38. The van der Waals surface area contributed by atoms with Crippen molar-refractivity contribution in [3.05, 3.63) is 42.1 Å². The molecular formula is C17H13F3N4O3S. The number of halogens is 3. The highest BCUT2D eigenvalue weighted by Gasteiger charge is 2.31. The number of carbonyl (C=O) groups is 1. The molecule has 1 amide bonds. The normalized spacial score (nSPS) is 14.3. The van der Waals surface area contributed by atoms with E-state index in [0.717, 1.165) is 24.0 Å². The number of fused-ring (bicyclic) bond motifs is 2. The highest BCUT2D eigenvalue weighted by Crippen LogP contribution is 2.35. The van der Waals surface area contributed by atoms with Gasteiger partial charge < -0.3 is 14.8 Å². The molecule has 1 aromatic carbocycles. The smallest absolute Gasteiger partial charge is 0.417 e. The maximum atomic E-state index is 12.9. The number of ether oxygens (including phenoxy) is 2. The average molecular weight is 410 g/mol. The molecule has 4 rings (SSSR count). The molecule has 0 fully saturated rings. The molecule has 146 valence electrons. The van der Waals surface area contributed by atoms with E-state index < -0.39 is 17.0 Å². The molecule has 1 atom stereocenters. The van der Waals surface area contributed by atoms with Crippen molar-refractivity contribution in [2.24, 2.45) is 0 Å². The number of hydrogen-bond donors (Lipinski definition) is 1. The summed E-state index contributed by atoms with van der Waals surface area (Å²) in [4.78, 5) is 12.5. The maximum Gasteiger partial charge on any atom is 0.417 e. The van der Waals surface area contributed by atoms with E-state index in [0.29, 0.717) is 17.2 Å². The van der Waals surface area contributed by atoms with E-state index in [4.69, 9.17) is 9.47 Å². The third kappa shape index (κ3) is 3.57. The van der Waals surface area contributed by atoms with Crippen molar-refractivity contribution in [3.63, 3.8) is 0 Å². The van der Waals surface area contributed by atoms with Gasteiger partial charge in [0.1, 0.15) is 0 Å². The second-order valence-electron chi connectivity index (χ2n) is 5.94. The second-order valence-corrected chi connectivity index (χ2v) is 7.25. The van der Waals surface area contributed by atoms with E-state index in [-0.39, 0.29) is 23.5 Å². The van der Waals surface area contributed by atoms with E-state index in [9.17, 15) is 18.0 Å². The summed E-state index contributed by atoms with van der Waals surface area (Å²) in [5.41, 5.74) is -0.0369. The van der Waals surface area contributed by atoms with Crippen molar-refractivity contribution < 1.29 is 27.4 Å². The zero-order chi connectivity index (χ0) is 19.9. The minimum absolute atomic E-state index is 0.124. The molecule has 28 heavy (non-hydrogen) atoms. The van der Waals surface area contributed by atoms with Crippen molar-refractivity contribution in [3.8, 4) is 11.5 Å². The number of aromatic nitrogens is 3. The lowest BCUT2D eigenvalue weighted by molar-refractivity contribution is -0.137. The second kappa shape index (κ2) is 6.89. The Labute approximate surface area is 160 Å². The summed E-state index contributed by atoms with van der Waals surface area (Å²) < 4.78 is 50.5. The molecule has 0 saturated heterocycles. The molecule has 0 saturated carbocycles. The van der Waals surface area contributed by atoms with E-state index in [1.165, 1.54) is 10.5 Å². The number of alkyl halides is 3. The Balaban J connectivity index is 1.50. The molecule has 2 aromatic heterocycles. The molecule has 7 nitrogen and oxygen atoms in total. The van der Waals surface area contributed by atoms with Crippen LogP contribution < -0.4 is 14.8 Å². The van der Waals surface area contributed by atoms with Gasteiger partial charge in [-0.25, -0.2) is 0 Å². The monoisotopic (exact) mass is 410 g/mol. The van der Waals surface area contributed by atoms with Gasteiger partial charge in [0.15, 0.2) is 22.3 Å². The number of nitrogens with zero attached hydrogens (tertiary/aromatic N) is 3. The molecule has 0 aliphatic carbocycles. The Kier molecular flexibility index (Phi) is 4.53. The summed E-state index contributed by atoms with van der Waals surface area (Å²) in [5.74, 6) is 0.782. The van der Waals surface area contributed by atoms with Crippen molar-refractivity contribution in [2.45, 2.75) is 23.5 Å². The summed E-state index contributed by atoms with van der Waals surface area (Å²) in [6.45, 7) is 1.75. The SMILES string of the molecule is C[C@H](Sc1nnc2ccc(C(F)(F)F)cn12)C(=O)Nc1ccc2c(c1)OCO2. The quantitative estimate of drug-likeness (QED) is 0.663. The van der Waals surface area contributed by atoms with Crippen LogP contribution in [0.4, 0.5) is 18.9 Å². The van der Waals surface area contributed by atoms with Crippen molar-refractivity contribution in [1.82, 2.24) is 14.6 Å². The van der Waals surface area contributed by atoms with E-state index in [1.807, 2.05) is 0 Å². The van der Waals surface area contributed by atoms with Crippen LogP contribution in [0.25, 0.3) is 5.65 Å². The molecule has 0 radical (unpaired) electrons. The molecule has 0 bridgehead atoms. The first-order chi connectivity index (χ1) is 13.3. The van der Waals surface area contributed by atoms with Gasteiger partial charge in [-0.05, 0) is 31.2 Å². The van der Waals surface area contributed by atoms with Gasteiger partial charge in [-0.3, -0.25) is 9.20 Å². The van der Waals surface area contributed by atoms with Crippen LogP contribution in [-0.2, 0) is 11.0 Å². The number of thioether (sulfide) groups is 1. The van der Waals surface area contributed by atoms with E-state index in [2.05, 4.69) is 15.5 Å². The molecule has 0 unspecified atom stereocenters. The Hall–Kier alpha value is -2.95. The highest BCUT2D eigenvalue weighted by molar-refractivity contribution is 8.00. The number of benzene rings is 1. The van der Waals surface area contributed by atoms with Crippen LogP contribution in [0.5, 0.6) is 11.5 Å². The summed E-state index contributed by atoms with van der Waals surface area (Å²) in [6.07, 6.45) is -3.57. The van der Waals surface area contributed by atoms with E-state index >= 15 is 0 Å². The average Bonchev–Trinajstić information content (AvgIpc) is 3.27. The number of pyridine rings is 1. The van der Waals surface area contributed by atoms with Crippen LogP contribution >= 0.6 is 11.8 Å². The number of amides is 1. The molecule has 1 aliphatic heterocycles. The molecule has 3 aromatic rings. The van der Waals surface area contributed by atoms with Gasteiger partial charge >= 0.3 is 6.18 Å². The molecule has 0 spiro atoms. The van der Waals surface area contributed by atoms with Crippen LogP contribution in [0.2, 0.25) is 0 Å². The van der Waals surface area contributed by atoms with Gasteiger partial charge in [0.25, 0.3) is 0 Å². The predicted octanol–water partition coefficient (Wildman–Crippen LogP) is 3.60. The van der Waals surface area contributed by atoms with Gasteiger partial charge in [-0.2, -0.15) is 13.2 Å². The lowest BCUT2D eigenvalue weighted by Crippen LogP contribution is -2.22. The minimum Gasteiger partial charge on any atom is -0.454 e. The lowest BCUT2D eigenvalue weighted by atomic mass is 10.2. The summed E-state index contributed by atoms with van der Waals surface area (Å²) >= 11 is 1.01. The predicted molar refractivity (Wildman–Crippen MR) is 94.5 cm³/mol. The van der Waals surface area contributed by atoms with Gasteiger partial charge in [0.05, 0.1) is 10.8 Å². The van der Waals surface area contributed by atoms with Gasteiger partial charge in [0, 0.05) is 18.0 Å². The van der Waals surface area contributed by atoms with E-state index in [1.54, 1.807) is 25.1 Å². The Morgan fingerprint density at radius 2 is 2.00 bits per heavy atom. The number of anilines is 1. The molecule has 11 heteroatoms. The Morgan fingerprint density at radius 3 is 2.79 bits per heavy atom. The first-order valence-electron chi connectivity index (χ1n) is 8.10. The van der Waals surface area contributed by atoms with Crippen molar-refractivity contribution >= 4 is 29.0 Å². The van der Waals surface area contributed by atoms with Crippen LogP contribution in [0, 0.1) is 0 Å². The highest BCUT2D eigenvalue weighted by atomic mass is 32.2. The fraction of sp³-hybridized carbons (Fsp3) is 0.235. The Morgan fingerprint density at radius 1 is 1.21 bits per heavy atom. The lowest BCUT2D eigenvalue weighted by Gasteiger charge is -2.12. The molecule has 1 aliphatic rings. The zero-order valence-corrected chi connectivity index (χ0v) is 15.2. The Bertz CT molecular complexity index is 1050. The van der Waals surface area contributed by atoms with Crippen molar-refractivity contribution in [1.29, 1.82) is 0 Å². The first kappa shape index (κ1) is 18.4. The number of carbonyl (C=O) groups excluding carboxylic acids is 1. The minimum atomic E-state index is -4.48. The summed E-state index contributed by atoms with van der Waals surface area (Å²) in [5, 5.41) is 10.0. The zero-order valence-electron chi connectivity index (χ0n) is 14.4. The third-order valence-corrected chi connectivity index (χ3v) is 5.05.